The lowest BCUT2D eigenvalue weighted by atomic mass is 10.2. The first-order valence-corrected chi connectivity index (χ1v) is 8.00. The lowest BCUT2D eigenvalue weighted by molar-refractivity contribution is -0.138. The Bertz CT molecular complexity index is 728. The standard InChI is InChI=1S/C15H14N4O3S/c20-12(5-7-19-13(21)3-4-14(19)22)18-15-17-11(9-23-15)10-2-1-6-16-8-10/h1-2,6,8-9H,3-5,7H2,(H,17,18,20). The molecule has 8 heteroatoms. The van der Waals surface area contributed by atoms with E-state index in [0.29, 0.717) is 5.13 Å². The Morgan fingerprint density at radius 3 is 2.78 bits per heavy atom. The molecule has 2 aromatic heterocycles. The van der Waals surface area contributed by atoms with Crippen molar-refractivity contribution in [2.45, 2.75) is 19.3 Å². The predicted molar refractivity (Wildman–Crippen MR) is 84.5 cm³/mol. The topological polar surface area (TPSA) is 92.3 Å². The van der Waals surface area contributed by atoms with Crippen molar-refractivity contribution in [2.75, 3.05) is 11.9 Å². The van der Waals surface area contributed by atoms with E-state index in [9.17, 15) is 14.4 Å². The molecule has 23 heavy (non-hydrogen) atoms. The molecule has 1 aliphatic rings. The smallest absolute Gasteiger partial charge is 0.229 e. The molecule has 7 nitrogen and oxygen atoms in total. The average molecular weight is 330 g/mol. The number of anilines is 1. The molecule has 0 bridgehead atoms. The van der Waals surface area contributed by atoms with Gasteiger partial charge in [0.1, 0.15) is 0 Å². The summed E-state index contributed by atoms with van der Waals surface area (Å²) in [6, 6.07) is 3.70. The third-order valence-electron chi connectivity index (χ3n) is 3.43. The third kappa shape index (κ3) is 3.59. The second kappa shape index (κ2) is 6.66. The van der Waals surface area contributed by atoms with Crippen LogP contribution >= 0.6 is 11.3 Å². The molecule has 1 aliphatic heterocycles. The van der Waals surface area contributed by atoms with Crippen molar-refractivity contribution in [2.24, 2.45) is 0 Å². The molecule has 1 saturated heterocycles. The van der Waals surface area contributed by atoms with Gasteiger partial charge in [0, 0.05) is 49.1 Å². The molecular formula is C15H14N4O3S. The first kappa shape index (κ1) is 15.3. The van der Waals surface area contributed by atoms with Gasteiger partial charge in [-0.2, -0.15) is 0 Å². The first-order chi connectivity index (χ1) is 11.1. The highest BCUT2D eigenvalue weighted by Gasteiger charge is 2.28. The van der Waals surface area contributed by atoms with Crippen LogP contribution < -0.4 is 5.32 Å². The van der Waals surface area contributed by atoms with Crippen LogP contribution in [-0.4, -0.2) is 39.1 Å². The quantitative estimate of drug-likeness (QED) is 0.842. The number of amides is 3. The zero-order valence-electron chi connectivity index (χ0n) is 12.2. The van der Waals surface area contributed by atoms with Crippen LogP contribution in [0.5, 0.6) is 0 Å². The number of thiazole rings is 1. The highest BCUT2D eigenvalue weighted by Crippen LogP contribution is 2.24. The zero-order chi connectivity index (χ0) is 16.2. The molecule has 3 rings (SSSR count). The van der Waals surface area contributed by atoms with Crippen LogP contribution in [0.4, 0.5) is 5.13 Å². The fraction of sp³-hybridized carbons (Fsp3) is 0.267. The molecule has 3 heterocycles. The van der Waals surface area contributed by atoms with Gasteiger partial charge >= 0.3 is 0 Å². The van der Waals surface area contributed by atoms with Crippen LogP contribution in [0.3, 0.4) is 0 Å². The van der Waals surface area contributed by atoms with Crippen LogP contribution in [-0.2, 0) is 14.4 Å². The highest BCUT2D eigenvalue weighted by molar-refractivity contribution is 7.14. The number of nitrogens with zero attached hydrogens (tertiary/aromatic N) is 3. The number of carbonyl (C=O) groups is 3. The molecule has 0 spiro atoms. The van der Waals surface area contributed by atoms with Gasteiger partial charge in [0.25, 0.3) is 0 Å². The third-order valence-corrected chi connectivity index (χ3v) is 4.18. The molecule has 0 unspecified atom stereocenters. The molecule has 118 valence electrons. The lowest BCUT2D eigenvalue weighted by Gasteiger charge is -2.12. The fourth-order valence-corrected chi connectivity index (χ4v) is 2.98. The molecule has 0 aliphatic carbocycles. The Morgan fingerprint density at radius 1 is 1.30 bits per heavy atom. The van der Waals surface area contributed by atoms with Crippen LogP contribution in [0.15, 0.2) is 29.9 Å². The molecule has 0 atom stereocenters. The van der Waals surface area contributed by atoms with E-state index in [2.05, 4.69) is 15.3 Å². The van der Waals surface area contributed by atoms with E-state index in [-0.39, 0.29) is 43.5 Å². The fourth-order valence-electron chi connectivity index (χ4n) is 2.25. The molecule has 1 N–H and O–H groups in total. The Labute approximate surface area is 136 Å². The largest absolute Gasteiger partial charge is 0.302 e. The molecule has 1 fully saturated rings. The summed E-state index contributed by atoms with van der Waals surface area (Å²) in [7, 11) is 0. The average Bonchev–Trinajstić information content (AvgIpc) is 3.14. The molecule has 3 amide bonds. The number of imide groups is 1. The van der Waals surface area contributed by atoms with Crippen molar-refractivity contribution in [1.82, 2.24) is 14.9 Å². The number of hydrogen-bond donors (Lipinski definition) is 1. The first-order valence-electron chi connectivity index (χ1n) is 7.12. The monoisotopic (exact) mass is 330 g/mol. The van der Waals surface area contributed by atoms with Gasteiger partial charge in [0.15, 0.2) is 5.13 Å². The van der Waals surface area contributed by atoms with E-state index in [0.717, 1.165) is 16.2 Å². The van der Waals surface area contributed by atoms with Crippen molar-refractivity contribution < 1.29 is 14.4 Å². The Kier molecular flexibility index (Phi) is 4.42. The predicted octanol–water partition coefficient (Wildman–Crippen LogP) is 1.68. The van der Waals surface area contributed by atoms with E-state index in [1.54, 1.807) is 12.4 Å². The summed E-state index contributed by atoms with van der Waals surface area (Å²) in [5, 5.41) is 5.00. The number of rotatable bonds is 5. The van der Waals surface area contributed by atoms with Crippen LogP contribution in [0.2, 0.25) is 0 Å². The van der Waals surface area contributed by atoms with Gasteiger partial charge < -0.3 is 5.32 Å². The lowest BCUT2D eigenvalue weighted by Crippen LogP contribution is -2.32. The van der Waals surface area contributed by atoms with Gasteiger partial charge in [-0.25, -0.2) is 4.98 Å². The van der Waals surface area contributed by atoms with Crippen LogP contribution in [0.25, 0.3) is 11.3 Å². The Balaban J connectivity index is 1.55. The number of hydrogen-bond acceptors (Lipinski definition) is 6. The maximum Gasteiger partial charge on any atom is 0.229 e. The summed E-state index contributed by atoms with van der Waals surface area (Å²) in [6.07, 6.45) is 3.92. The number of aromatic nitrogens is 2. The minimum atomic E-state index is -0.274. The Hall–Kier alpha value is -2.61. The van der Waals surface area contributed by atoms with Crippen molar-refractivity contribution in [3.63, 3.8) is 0 Å². The van der Waals surface area contributed by atoms with Gasteiger partial charge in [-0.05, 0) is 12.1 Å². The number of carbonyl (C=O) groups excluding carboxylic acids is 3. The summed E-state index contributed by atoms with van der Waals surface area (Å²) >= 11 is 1.31. The van der Waals surface area contributed by atoms with Crippen molar-refractivity contribution in [3.05, 3.63) is 29.9 Å². The molecule has 0 radical (unpaired) electrons. The highest BCUT2D eigenvalue weighted by atomic mass is 32.1. The maximum absolute atomic E-state index is 11.9. The van der Waals surface area contributed by atoms with Gasteiger partial charge in [-0.15, -0.1) is 11.3 Å². The van der Waals surface area contributed by atoms with E-state index < -0.39 is 0 Å². The molecular weight excluding hydrogens is 316 g/mol. The number of pyridine rings is 1. The van der Waals surface area contributed by atoms with E-state index >= 15 is 0 Å². The van der Waals surface area contributed by atoms with Crippen LogP contribution in [0, 0.1) is 0 Å². The van der Waals surface area contributed by atoms with E-state index in [1.807, 2.05) is 17.5 Å². The van der Waals surface area contributed by atoms with Gasteiger partial charge in [0.05, 0.1) is 5.69 Å². The normalized spacial score (nSPS) is 14.3. The SMILES string of the molecule is O=C(CCN1C(=O)CCC1=O)Nc1nc(-c2cccnc2)cs1. The van der Waals surface area contributed by atoms with Crippen molar-refractivity contribution in [3.8, 4) is 11.3 Å². The number of likely N-dealkylation sites (tertiary alicyclic amines) is 1. The minimum absolute atomic E-state index is 0.0687. The molecule has 2 aromatic rings. The summed E-state index contributed by atoms with van der Waals surface area (Å²) < 4.78 is 0. The summed E-state index contributed by atoms with van der Waals surface area (Å²) in [6.45, 7) is 0.115. The Morgan fingerprint density at radius 2 is 2.09 bits per heavy atom. The van der Waals surface area contributed by atoms with E-state index in [4.69, 9.17) is 0 Å². The number of nitrogens with one attached hydrogen (secondary N) is 1. The van der Waals surface area contributed by atoms with Gasteiger partial charge in [-0.3, -0.25) is 24.3 Å². The van der Waals surface area contributed by atoms with Crippen LogP contribution in [0.1, 0.15) is 19.3 Å². The molecule has 0 aromatic carbocycles. The van der Waals surface area contributed by atoms with E-state index in [1.165, 1.54) is 11.3 Å². The summed E-state index contributed by atoms with van der Waals surface area (Å²) in [5.74, 6) is -0.698. The maximum atomic E-state index is 11.9. The summed E-state index contributed by atoms with van der Waals surface area (Å²) in [4.78, 5) is 44.4. The van der Waals surface area contributed by atoms with Gasteiger partial charge in [0.2, 0.25) is 17.7 Å². The second-order valence-electron chi connectivity index (χ2n) is 5.02. The van der Waals surface area contributed by atoms with Crippen molar-refractivity contribution >= 4 is 34.2 Å². The van der Waals surface area contributed by atoms with Crippen molar-refractivity contribution in [1.29, 1.82) is 0 Å². The second-order valence-corrected chi connectivity index (χ2v) is 5.87. The minimum Gasteiger partial charge on any atom is -0.302 e. The summed E-state index contributed by atoms with van der Waals surface area (Å²) in [5.41, 5.74) is 1.61. The molecule has 0 saturated carbocycles. The zero-order valence-corrected chi connectivity index (χ0v) is 13.0. The van der Waals surface area contributed by atoms with Gasteiger partial charge in [-0.1, -0.05) is 0 Å².